The minimum absolute atomic E-state index is 0.0250. The lowest BCUT2D eigenvalue weighted by Gasteiger charge is -2.10. The predicted octanol–water partition coefficient (Wildman–Crippen LogP) is 5.57. The Morgan fingerprint density at radius 2 is 2.00 bits per heavy atom. The van der Waals surface area contributed by atoms with Gasteiger partial charge in [-0.15, -0.1) is 21.5 Å². The van der Waals surface area contributed by atoms with E-state index in [9.17, 15) is 9.18 Å². The van der Waals surface area contributed by atoms with Gasteiger partial charge in [0.05, 0.1) is 10.6 Å². The maximum atomic E-state index is 13.1. The van der Waals surface area contributed by atoms with Gasteiger partial charge in [0.25, 0.3) is 11.1 Å². The molecule has 0 radical (unpaired) electrons. The molecule has 4 aromatic rings. The third kappa shape index (κ3) is 4.55. The minimum atomic E-state index is -0.235. The van der Waals surface area contributed by atoms with E-state index in [1.165, 1.54) is 35.2 Å². The molecule has 4 rings (SSSR count). The van der Waals surface area contributed by atoms with Crippen molar-refractivity contribution in [2.75, 3.05) is 5.75 Å². The van der Waals surface area contributed by atoms with Crippen LogP contribution in [0.15, 0.2) is 57.5 Å². The Morgan fingerprint density at radius 3 is 2.73 bits per heavy atom. The first kappa shape index (κ1) is 20.6. The van der Waals surface area contributed by atoms with Crippen molar-refractivity contribution >= 4 is 28.9 Å². The number of nitrogens with zero attached hydrogens (tertiary/aromatic N) is 3. The summed E-state index contributed by atoms with van der Waals surface area (Å²) in [6.07, 6.45) is 0.770. The minimum Gasteiger partial charge on any atom is -0.410 e. The van der Waals surface area contributed by atoms with Crippen LogP contribution in [-0.4, -0.2) is 26.3 Å². The van der Waals surface area contributed by atoms with Crippen LogP contribution in [0, 0.1) is 19.7 Å². The summed E-state index contributed by atoms with van der Waals surface area (Å²) in [5, 5.41) is 10.4. The monoisotopic (exact) mass is 441 g/mol. The SMILES string of the molecule is Cc1cc(C(=O)CSc2nnc(-c3cccs3)o2)c(C)n1CCc1ccc(F)cc1. The van der Waals surface area contributed by atoms with Gasteiger partial charge in [-0.25, -0.2) is 4.39 Å². The van der Waals surface area contributed by atoms with Crippen molar-refractivity contribution in [3.8, 4) is 10.8 Å². The number of benzene rings is 1. The molecule has 1 aromatic carbocycles. The quantitative estimate of drug-likeness (QED) is 0.264. The highest BCUT2D eigenvalue weighted by molar-refractivity contribution is 7.99. The molecule has 0 bridgehead atoms. The van der Waals surface area contributed by atoms with Crippen molar-refractivity contribution in [2.24, 2.45) is 0 Å². The van der Waals surface area contributed by atoms with E-state index in [-0.39, 0.29) is 17.4 Å². The van der Waals surface area contributed by atoms with Crippen LogP contribution in [0.3, 0.4) is 0 Å². The number of aromatic nitrogens is 3. The third-order valence-electron chi connectivity index (χ3n) is 4.88. The van der Waals surface area contributed by atoms with Crippen LogP contribution in [0.4, 0.5) is 4.39 Å². The van der Waals surface area contributed by atoms with E-state index in [0.29, 0.717) is 16.7 Å². The Hall–Kier alpha value is -2.71. The number of aryl methyl sites for hydroxylation is 2. The molecule has 0 aliphatic carbocycles. The van der Waals surface area contributed by atoms with E-state index >= 15 is 0 Å². The van der Waals surface area contributed by atoms with Crippen LogP contribution in [0.25, 0.3) is 10.8 Å². The zero-order valence-electron chi connectivity index (χ0n) is 16.6. The number of carbonyl (C=O) groups is 1. The first-order valence-electron chi connectivity index (χ1n) is 9.46. The number of carbonyl (C=O) groups excluding carboxylic acids is 1. The molecule has 0 spiro atoms. The van der Waals surface area contributed by atoms with Gasteiger partial charge in [0, 0.05) is 23.5 Å². The second-order valence-corrected chi connectivity index (χ2v) is 8.75. The van der Waals surface area contributed by atoms with Crippen LogP contribution in [-0.2, 0) is 13.0 Å². The van der Waals surface area contributed by atoms with E-state index in [4.69, 9.17) is 4.42 Å². The van der Waals surface area contributed by atoms with E-state index in [2.05, 4.69) is 14.8 Å². The average Bonchev–Trinajstić information content (AvgIpc) is 3.47. The molecule has 0 saturated heterocycles. The number of rotatable bonds is 8. The van der Waals surface area contributed by atoms with Gasteiger partial charge < -0.3 is 8.98 Å². The lowest BCUT2D eigenvalue weighted by Crippen LogP contribution is -2.08. The van der Waals surface area contributed by atoms with Crippen molar-refractivity contribution in [1.82, 2.24) is 14.8 Å². The van der Waals surface area contributed by atoms with Gasteiger partial charge in [-0.1, -0.05) is 30.0 Å². The highest BCUT2D eigenvalue weighted by Gasteiger charge is 2.18. The van der Waals surface area contributed by atoms with Crippen molar-refractivity contribution in [1.29, 1.82) is 0 Å². The molecule has 0 aliphatic rings. The molecule has 0 N–H and O–H groups in total. The Balaban J connectivity index is 1.39. The molecule has 0 amide bonds. The number of hydrogen-bond acceptors (Lipinski definition) is 6. The summed E-state index contributed by atoms with van der Waals surface area (Å²) >= 11 is 2.77. The van der Waals surface area contributed by atoms with Gasteiger partial charge >= 0.3 is 0 Å². The topological polar surface area (TPSA) is 60.9 Å². The second kappa shape index (κ2) is 8.97. The molecule has 30 heavy (non-hydrogen) atoms. The summed E-state index contributed by atoms with van der Waals surface area (Å²) in [6, 6.07) is 12.3. The normalized spacial score (nSPS) is 11.2. The fourth-order valence-electron chi connectivity index (χ4n) is 3.29. The van der Waals surface area contributed by atoms with Gasteiger partial charge in [0.1, 0.15) is 5.82 Å². The van der Waals surface area contributed by atoms with E-state index < -0.39 is 0 Å². The molecule has 5 nitrogen and oxygen atoms in total. The zero-order chi connectivity index (χ0) is 21.1. The maximum absolute atomic E-state index is 13.1. The molecule has 3 aromatic heterocycles. The van der Waals surface area contributed by atoms with Crippen molar-refractivity contribution in [2.45, 2.75) is 32.0 Å². The number of thiophene rings is 1. The third-order valence-corrected chi connectivity index (χ3v) is 6.55. The molecule has 0 atom stereocenters. The fourth-order valence-corrected chi connectivity index (χ4v) is 4.58. The van der Waals surface area contributed by atoms with Crippen LogP contribution in [0.2, 0.25) is 0 Å². The average molecular weight is 442 g/mol. The molecule has 154 valence electrons. The van der Waals surface area contributed by atoms with Crippen molar-refractivity contribution in [3.05, 3.63) is 76.2 Å². The summed E-state index contributed by atoms with van der Waals surface area (Å²) < 4.78 is 20.8. The lowest BCUT2D eigenvalue weighted by molar-refractivity contribution is 0.102. The second-order valence-electron chi connectivity index (χ2n) is 6.88. The van der Waals surface area contributed by atoms with Crippen LogP contribution >= 0.6 is 23.1 Å². The number of ketones is 1. The van der Waals surface area contributed by atoms with Crippen molar-refractivity contribution in [3.63, 3.8) is 0 Å². The summed E-state index contributed by atoms with van der Waals surface area (Å²) in [5.41, 5.74) is 3.73. The van der Waals surface area contributed by atoms with E-state index in [1.54, 1.807) is 12.1 Å². The Bertz CT molecular complexity index is 1150. The number of Topliss-reactive ketones (excluding diaryl/α,β-unsaturated/α-hetero) is 1. The van der Waals surface area contributed by atoms with E-state index in [0.717, 1.165) is 34.8 Å². The fraction of sp³-hybridized carbons (Fsp3) is 0.227. The standard InChI is InChI=1S/C22H20FN3O2S2/c1-14-12-18(15(2)26(14)10-9-16-5-7-17(23)8-6-16)19(27)13-30-22-25-24-21(28-22)20-4-3-11-29-20/h3-8,11-12H,9-10,13H2,1-2H3. The maximum Gasteiger partial charge on any atom is 0.277 e. The Morgan fingerprint density at radius 1 is 1.20 bits per heavy atom. The van der Waals surface area contributed by atoms with Crippen LogP contribution < -0.4 is 0 Å². The predicted molar refractivity (Wildman–Crippen MR) is 117 cm³/mol. The molecule has 3 heterocycles. The molecular weight excluding hydrogens is 421 g/mol. The molecule has 8 heteroatoms. The summed E-state index contributed by atoms with van der Waals surface area (Å²) in [6.45, 7) is 4.68. The molecule has 0 saturated carbocycles. The zero-order valence-corrected chi connectivity index (χ0v) is 18.2. The first-order chi connectivity index (χ1) is 14.5. The summed E-state index contributed by atoms with van der Waals surface area (Å²) in [7, 11) is 0. The summed E-state index contributed by atoms with van der Waals surface area (Å²) in [4.78, 5) is 13.7. The van der Waals surface area contributed by atoms with Crippen molar-refractivity contribution < 1.29 is 13.6 Å². The highest BCUT2D eigenvalue weighted by atomic mass is 32.2. The smallest absolute Gasteiger partial charge is 0.277 e. The molecule has 0 aliphatic heterocycles. The highest BCUT2D eigenvalue weighted by Crippen LogP contribution is 2.27. The number of halogens is 1. The van der Waals surface area contributed by atoms with Gasteiger partial charge in [-0.2, -0.15) is 0 Å². The lowest BCUT2D eigenvalue weighted by atomic mass is 10.1. The van der Waals surface area contributed by atoms with E-state index in [1.807, 2.05) is 37.4 Å². The van der Waals surface area contributed by atoms with Crippen LogP contribution in [0.1, 0.15) is 27.3 Å². The van der Waals surface area contributed by atoms with Gasteiger partial charge in [0.15, 0.2) is 5.78 Å². The molecule has 0 fully saturated rings. The van der Waals surface area contributed by atoms with Gasteiger partial charge in [-0.05, 0) is 55.5 Å². The Kier molecular flexibility index (Phi) is 6.15. The Labute approximate surface area is 182 Å². The van der Waals surface area contributed by atoms with Crippen LogP contribution in [0.5, 0.6) is 0 Å². The largest absolute Gasteiger partial charge is 0.410 e. The number of thioether (sulfide) groups is 1. The first-order valence-corrected chi connectivity index (χ1v) is 11.3. The van der Waals surface area contributed by atoms with Gasteiger partial charge in [0.2, 0.25) is 0 Å². The molecular formula is C22H20FN3O2S2. The summed E-state index contributed by atoms with van der Waals surface area (Å²) in [5.74, 6) is 0.492. The number of hydrogen-bond donors (Lipinski definition) is 0. The molecule has 0 unspecified atom stereocenters. The van der Waals surface area contributed by atoms with Gasteiger partial charge in [-0.3, -0.25) is 4.79 Å².